The van der Waals surface area contributed by atoms with Crippen LogP contribution in [0.25, 0.3) is 11.0 Å². The SMILES string of the molecule is CCCc1nc(Cn2ncc3c(N4CCN(C(=O)N5CCC(CN(CCN(C(C)C)C(C)C)C(=O)C(C)(C)C)CC5)CC4)ncnc32)cs1. The fraction of sp³-hybridized carbons (Fsp3) is 0.722. The van der Waals surface area contributed by atoms with Crippen LogP contribution in [0, 0.1) is 11.3 Å². The highest BCUT2D eigenvalue weighted by Gasteiger charge is 2.33. The van der Waals surface area contributed by atoms with E-state index in [1.807, 2.05) is 41.4 Å². The number of likely N-dealkylation sites (tertiary alicyclic amines) is 1. The zero-order chi connectivity index (χ0) is 35.3. The number of anilines is 1. The Morgan fingerprint density at radius 3 is 2.27 bits per heavy atom. The molecule has 2 aliphatic rings. The third-order valence-electron chi connectivity index (χ3n) is 9.88. The summed E-state index contributed by atoms with van der Waals surface area (Å²) >= 11 is 1.70. The van der Waals surface area contributed by atoms with Crippen LogP contribution in [-0.4, -0.2) is 127 Å². The average molecular weight is 695 g/mol. The van der Waals surface area contributed by atoms with E-state index in [4.69, 9.17) is 4.98 Å². The predicted molar refractivity (Wildman–Crippen MR) is 197 cm³/mol. The smallest absolute Gasteiger partial charge is 0.320 e. The third-order valence-corrected chi connectivity index (χ3v) is 10.8. The number of piperazine rings is 1. The number of piperidine rings is 1. The Morgan fingerprint density at radius 2 is 1.63 bits per heavy atom. The molecule has 0 aromatic carbocycles. The Morgan fingerprint density at radius 1 is 0.959 bits per heavy atom. The van der Waals surface area contributed by atoms with Gasteiger partial charge in [0.2, 0.25) is 5.91 Å². The topological polar surface area (TPSA) is 107 Å². The lowest BCUT2D eigenvalue weighted by Crippen LogP contribution is -2.55. The summed E-state index contributed by atoms with van der Waals surface area (Å²) in [6.07, 6.45) is 7.39. The van der Waals surface area contributed by atoms with Gasteiger partial charge in [-0.2, -0.15) is 5.10 Å². The van der Waals surface area contributed by atoms with Crippen LogP contribution in [0.2, 0.25) is 0 Å². The lowest BCUT2D eigenvalue weighted by molar-refractivity contribution is -0.140. The van der Waals surface area contributed by atoms with Crippen LogP contribution in [0.15, 0.2) is 17.9 Å². The van der Waals surface area contributed by atoms with Crippen molar-refractivity contribution < 1.29 is 9.59 Å². The molecule has 12 nitrogen and oxygen atoms in total. The molecule has 2 fully saturated rings. The van der Waals surface area contributed by atoms with Crippen LogP contribution in [0.1, 0.15) is 85.4 Å². The molecule has 0 atom stereocenters. The van der Waals surface area contributed by atoms with Gasteiger partial charge in [0, 0.05) is 81.8 Å². The number of amides is 3. The molecule has 2 aliphatic heterocycles. The maximum Gasteiger partial charge on any atom is 0.320 e. The number of hydrogen-bond acceptors (Lipinski definition) is 9. The minimum Gasteiger partial charge on any atom is -0.352 e. The number of rotatable bonds is 12. The summed E-state index contributed by atoms with van der Waals surface area (Å²) in [7, 11) is 0. The fourth-order valence-corrected chi connectivity index (χ4v) is 8.07. The van der Waals surface area contributed by atoms with Crippen molar-refractivity contribution in [2.45, 2.75) is 99.7 Å². The second-order valence-corrected chi connectivity index (χ2v) is 16.3. The molecule has 0 spiro atoms. The largest absolute Gasteiger partial charge is 0.352 e. The predicted octanol–water partition coefficient (Wildman–Crippen LogP) is 5.23. The highest BCUT2D eigenvalue weighted by atomic mass is 32.1. The highest BCUT2D eigenvalue weighted by molar-refractivity contribution is 7.09. The number of aromatic nitrogens is 5. The summed E-state index contributed by atoms with van der Waals surface area (Å²) in [4.78, 5) is 51.9. The van der Waals surface area contributed by atoms with Crippen LogP contribution in [-0.2, 0) is 17.8 Å². The van der Waals surface area contributed by atoms with E-state index in [-0.39, 0.29) is 11.9 Å². The van der Waals surface area contributed by atoms with Crippen molar-refractivity contribution in [3.05, 3.63) is 28.6 Å². The first kappa shape index (κ1) is 36.9. The van der Waals surface area contributed by atoms with Crippen LogP contribution in [0.5, 0.6) is 0 Å². The van der Waals surface area contributed by atoms with Gasteiger partial charge in [0.05, 0.1) is 28.8 Å². The van der Waals surface area contributed by atoms with E-state index >= 15 is 0 Å². The number of hydrogen-bond donors (Lipinski definition) is 0. The summed E-state index contributed by atoms with van der Waals surface area (Å²) in [5, 5.41) is 8.83. The van der Waals surface area contributed by atoms with Gasteiger partial charge in [0.15, 0.2) is 5.65 Å². The average Bonchev–Trinajstić information content (AvgIpc) is 3.70. The standard InChI is InChI=1S/C36H58N10O2S/c1-9-10-31-40-29(24-49-31)23-46-33-30(21-39-46)32(37-25-38-33)41-15-17-43(18-16-41)35(48)42-13-11-28(12-14-42)22-44(34(47)36(6,7)8)19-20-45(26(2)3)27(4)5/h21,24-28H,9-20,22-23H2,1-8H3. The molecular formula is C36H58N10O2S. The summed E-state index contributed by atoms with van der Waals surface area (Å²) < 4.78 is 1.90. The Hall–Kier alpha value is -3.32. The van der Waals surface area contributed by atoms with Crippen molar-refractivity contribution >= 4 is 40.1 Å². The van der Waals surface area contributed by atoms with Crippen molar-refractivity contribution in [3.8, 4) is 0 Å². The molecule has 5 rings (SSSR count). The maximum atomic E-state index is 13.6. The lowest BCUT2D eigenvalue weighted by atomic mass is 9.92. The molecule has 0 radical (unpaired) electrons. The van der Waals surface area contributed by atoms with Crippen molar-refractivity contribution in [1.82, 2.24) is 44.3 Å². The number of nitrogens with zero attached hydrogens (tertiary/aromatic N) is 10. The summed E-state index contributed by atoms with van der Waals surface area (Å²) in [6, 6.07) is 0.987. The minimum absolute atomic E-state index is 0.122. The van der Waals surface area contributed by atoms with Crippen LogP contribution < -0.4 is 4.90 Å². The number of thiazole rings is 1. The minimum atomic E-state index is -0.419. The van der Waals surface area contributed by atoms with Crippen LogP contribution in [0.3, 0.4) is 0 Å². The second kappa shape index (κ2) is 16.1. The van der Waals surface area contributed by atoms with Crippen molar-refractivity contribution in [1.29, 1.82) is 0 Å². The first-order valence-electron chi connectivity index (χ1n) is 18.3. The summed E-state index contributed by atoms with van der Waals surface area (Å²) in [6.45, 7) is 24.2. The van der Waals surface area contributed by atoms with E-state index in [1.54, 1.807) is 17.7 Å². The van der Waals surface area contributed by atoms with Gasteiger partial charge in [0.1, 0.15) is 12.1 Å². The Labute approximate surface area is 296 Å². The van der Waals surface area contributed by atoms with Gasteiger partial charge >= 0.3 is 6.03 Å². The molecule has 2 saturated heterocycles. The zero-order valence-electron chi connectivity index (χ0n) is 31.1. The second-order valence-electron chi connectivity index (χ2n) is 15.3. The van der Waals surface area contributed by atoms with Gasteiger partial charge < -0.3 is 19.6 Å². The number of carbonyl (C=O) groups excluding carboxylic acids is 2. The first-order chi connectivity index (χ1) is 23.3. The van der Waals surface area contributed by atoms with Gasteiger partial charge in [0.25, 0.3) is 0 Å². The van der Waals surface area contributed by atoms with Gasteiger partial charge in [-0.3, -0.25) is 9.69 Å². The van der Waals surface area contributed by atoms with Crippen molar-refractivity contribution in [2.24, 2.45) is 11.3 Å². The Balaban J connectivity index is 1.13. The Bertz CT molecular complexity index is 1520. The first-order valence-corrected chi connectivity index (χ1v) is 19.2. The molecule has 49 heavy (non-hydrogen) atoms. The van der Waals surface area contributed by atoms with Crippen molar-refractivity contribution in [3.63, 3.8) is 0 Å². The van der Waals surface area contributed by atoms with Gasteiger partial charge in [-0.05, 0) is 59.3 Å². The molecule has 3 aromatic rings. The quantitative estimate of drug-likeness (QED) is 0.254. The maximum absolute atomic E-state index is 13.6. The molecule has 0 bridgehead atoms. The molecule has 0 aliphatic carbocycles. The Kier molecular flexibility index (Phi) is 12.2. The normalized spacial score (nSPS) is 16.5. The number of urea groups is 1. The van der Waals surface area contributed by atoms with E-state index in [1.165, 1.54) is 0 Å². The van der Waals surface area contributed by atoms with Crippen molar-refractivity contribution in [2.75, 3.05) is 63.8 Å². The van der Waals surface area contributed by atoms with E-state index < -0.39 is 5.41 Å². The van der Waals surface area contributed by atoms with E-state index in [0.29, 0.717) is 50.7 Å². The molecule has 3 amide bonds. The molecule has 0 saturated carbocycles. The molecule has 13 heteroatoms. The molecule has 5 heterocycles. The number of aryl methyl sites for hydroxylation is 1. The van der Waals surface area contributed by atoms with Gasteiger partial charge in [-0.15, -0.1) is 11.3 Å². The van der Waals surface area contributed by atoms with Gasteiger partial charge in [-0.25, -0.2) is 24.4 Å². The highest BCUT2D eigenvalue weighted by Crippen LogP contribution is 2.27. The fourth-order valence-electron chi connectivity index (χ4n) is 7.18. The van der Waals surface area contributed by atoms with Gasteiger partial charge in [-0.1, -0.05) is 27.7 Å². The molecule has 0 N–H and O–H groups in total. The molecule has 0 unspecified atom stereocenters. The lowest BCUT2D eigenvalue weighted by Gasteiger charge is -2.41. The molecule has 270 valence electrons. The van der Waals surface area contributed by atoms with Crippen LogP contribution in [0.4, 0.5) is 10.6 Å². The summed E-state index contributed by atoms with van der Waals surface area (Å²) in [5.41, 5.74) is 1.39. The molecular weight excluding hydrogens is 637 g/mol. The van der Waals surface area contributed by atoms with E-state index in [0.717, 1.165) is 86.0 Å². The zero-order valence-corrected chi connectivity index (χ0v) is 31.9. The number of carbonyl (C=O) groups is 2. The summed E-state index contributed by atoms with van der Waals surface area (Å²) in [5.74, 6) is 1.48. The van der Waals surface area contributed by atoms with Crippen LogP contribution >= 0.6 is 11.3 Å². The van der Waals surface area contributed by atoms with E-state index in [2.05, 4.69) is 69.8 Å². The molecule has 3 aromatic heterocycles. The third kappa shape index (κ3) is 9.08. The monoisotopic (exact) mass is 694 g/mol. The van der Waals surface area contributed by atoms with E-state index in [9.17, 15) is 9.59 Å². The number of fused-ring (bicyclic) bond motifs is 1.